The third-order valence-corrected chi connectivity index (χ3v) is 4.27. The van der Waals surface area contributed by atoms with Gasteiger partial charge in [0.2, 0.25) is 5.91 Å². The second-order valence-corrected chi connectivity index (χ2v) is 6.83. The maximum Gasteiger partial charge on any atom is 0.238 e. The van der Waals surface area contributed by atoms with Gasteiger partial charge in [-0.2, -0.15) is 5.26 Å². The van der Waals surface area contributed by atoms with E-state index in [4.69, 9.17) is 10.00 Å². The molecule has 0 atom stereocenters. The number of nitrogens with zero attached hydrogens (tertiary/aromatic N) is 2. The number of para-hydroxylation sites is 1. The number of thioether (sulfide) groups is 1. The molecule has 1 fully saturated rings. The Labute approximate surface area is 135 Å². The summed E-state index contributed by atoms with van der Waals surface area (Å²) in [5.41, 5.74) is 0.555. The van der Waals surface area contributed by atoms with E-state index >= 15 is 0 Å². The van der Waals surface area contributed by atoms with E-state index < -0.39 is 0 Å². The third kappa shape index (κ3) is 5.02. The van der Waals surface area contributed by atoms with E-state index in [1.54, 1.807) is 0 Å². The van der Waals surface area contributed by atoms with E-state index in [0.717, 1.165) is 23.7 Å². The zero-order valence-corrected chi connectivity index (χ0v) is 13.8. The van der Waals surface area contributed by atoms with Crippen LogP contribution in [0.3, 0.4) is 0 Å². The fourth-order valence-electron chi connectivity index (χ4n) is 2.45. The maximum absolute atomic E-state index is 12.2. The number of anilines is 1. The third-order valence-electron chi connectivity index (χ3n) is 3.33. The van der Waals surface area contributed by atoms with E-state index in [1.807, 2.05) is 38.1 Å². The molecule has 0 aromatic heterocycles. The minimum Gasteiger partial charge on any atom is -0.373 e. The van der Waals surface area contributed by atoms with Crippen LogP contribution in [0.15, 0.2) is 29.2 Å². The van der Waals surface area contributed by atoms with Crippen LogP contribution < -0.4 is 5.32 Å². The summed E-state index contributed by atoms with van der Waals surface area (Å²) in [5, 5.41) is 11.6. The zero-order valence-electron chi connectivity index (χ0n) is 13.0. The molecule has 1 aliphatic heterocycles. The Kier molecular flexibility index (Phi) is 5.83. The monoisotopic (exact) mass is 319 g/mol. The summed E-state index contributed by atoms with van der Waals surface area (Å²) >= 11 is 1.43. The lowest BCUT2D eigenvalue weighted by Crippen LogP contribution is -2.50. The van der Waals surface area contributed by atoms with Crippen molar-refractivity contribution >= 4 is 23.4 Å². The number of benzene rings is 1. The lowest BCUT2D eigenvalue weighted by Gasteiger charge is -2.37. The van der Waals surface area contributed by atoms with E-state index in [-0.39, 0.29) is 11.5 Å². The van der Waals surface area contributed by atoms with Gasteiger partial charge in [-0.3, -0.25) is 9.69 Å². The number of carbonyl (C=O) groups is 1. The van der Waals surface area contributed by atoms with Crippen molar-refractivity contribution in [1.29, 1.82) is 5.26 Å². The fraction of sp³-hybridized carbons (Fsp3) is 0.500. The number of ether oxygens (including phenoxy) is 1. The molecule has 1 amide bonds. The Bertz CT molecular complexity index is 569. The number of rotatable bonds is 5. The summed E-state index contributed by atoms with van der Waals surface area (Å²) in [6, 6.07) is 9.66. The number of carbonyl (C=O) groups excluding carboxylic acids is 1. The largest absolute Gasteiger partial charge is 0.373 e. The molecule has 0 bridgehead atoms. The molecular weight excluding hydrogens is 298 g/mol. The molecule has 1 heterocycles. The van der Waals surface area contributed by atoms with Crippen LogP contribution in [-0.4, -0.2) is 48.4 Å². The summed E-state index contributed by atoms with van der Waals surface area (Å²) in [7, 11) is 0. The SMILES string of the molecule is CC1(C)CN(CC(=O)Nc2ccccc2SCC#N)CCO1. The predicted octanol–water partition coefficient (Wildman–Crippen LogP) is 2.35. The van der Waals surface area contributed by atoms with Crippen LogP contribution in [0.5, 0.6) is 0 Å². The van der Waals surface area contributed by atoms with Crippen molar-refractivity contribution in [1.82, 2.24) is 4.90 Å². The zero-order chi connectivity index (χ0) is 16.0. The van der Waals surface area contributed by atoms with Gasteiger partial charge in [-0.1, -0.05) is 12.1 Å². The van der Waals surface area contributed by atoms with E-state index in [1.165, 1.54) is 11.8 Å². The van der Waals surface area contributed by atoms with Crippen LogP contribution >= 0.6 is 11.8 Å². The maximum atomic E-state index is 12.2. The summed E-state index contributed by atoms with van der Waals surface area (Å²) in [4.78, 5) is 15.3. The van der Waals surface area contributed by atoms with Gasteiger partial charge >= 0.3 is 0 Å². The normalized spacial score (nSPS) is 17.7. The highest BCUT2D eigenvalue weighted by molar-refractivity contribution is 7.99. The minimum absolute atomic E-state index is 0.0392. The van der Waals surface area contributed by atoms with Gasteiger partial charge in [-0.05, 0) is 26.0 Å². The summed E-state index contributed by atoms with van der Waals surface area (Å²) < 4.78 is 5.65. The second-order valence-electron chi connectivity index (χ2n) is 5.81. The summed E-state index contributed by atoms with van der Waals surface area (Å²) in [6.45, 7) is 6.57. The number of nitriles is 1. The first-order valence-electron chi connectivity index (χ1n) is 7.25. The summed E-state index contributed by atoms with van der Waals surface area (Å²) in [6.07, 6.45) is 0. The molecule has 0 aliphatic carbocycles. The molecule has 5 nitrogen and oxygen atoms in total. The lowest BCUT2D eigenvalue weighted by atomic mass is 10.1. The molecule has 1 aromatic rings. The molecule has 22 heavy (non-hydrogen) atoms. The lowest BCUT2D eigenvalue weighted by molar-refractivity contribution is -0.122. The molecule has 0 spiro atoms. The molecule has 2 rings (SSSR count). The molecule has 1 N–H and O–H groups in total. The predicted molar refractivity (Wildman–Crippen MR) is 87.9 cm³/mol. The Hall–Kier alpha value is -1.55. The van der Waals surface area contributed by atoms with Crippen LogP contribution in [0.4, 0.5) is 5.69 Å². The number of hydrogen-bond donors (Lipinski definition) is 1. The highest BCUT2D eigenvalue weighted by Crippen LogP contribution is 2.26. The van der Waals surface area contributed by atoms with Gasteiger partial charge in [0.25, 0.3) is 0 Å². The minimum atomic E-state index is -0.209. The number of amides is 1. The molecule has 1 aliphatic rings. The van der Waals surface area contributed by atoms with Crippen molar-refractivity contribution < 1.29 is 9.53 Å². The fourth-order valence-corrected chi connectivity index (χ4v) is 3.12. The highest BCUT2D eigenvalue weighted by Gasteiger charge is 2.28. The van der Waals surface area contributed by atoms with Crippen molar-refractivity contribution in [3.63, 3.8) is 0 Å². The molecule has 6 heteroatoms. The topological polar surface area (TPSA) is 65.4 Å². The van der Waals surface area contributed by atoms with Gasteiger partial charge < -0.3 is 10.1 Å². The van der Waals surface area contributed by atoms with Crippen LogP contribution in [-0.2, 0) is 9.53 Å². The van der Waals surface area contributed by atoms with Gasteiger partial charge in [-0.25, -0.2) is 0 Å². The molecule has 118 valence electrons. The molecule has 1 aromatic carbocycles. The Balaban J connectivity index is 1.93. The van der Waals surface area contributed by atoms with Gasteiger partial charge in [0.05, 0.1) is 36.3 Å². The first-order valence-corrected chi connectivity index (χ1v) is 8.24. The van der Waals surface area contributed by atoms with Crippen LogP contribution in [0.2, 0.25) is 0 Å². The van der Waals surface area contributed by atoms with Gasteiger partial charge in [0.15, 0.2) is 0 Å². The van der Waals surface area contributed by atoms with Gasteiger partial charge in [0.1, 0.15) is 0 Å². The van der Waals surface area contributed by atoms with Crippen molar-refractivity contribution in [3.8, 4) is 6.07 Å². The number of nitrogens with one attached hydrogen (secondary N) is 1. The van der Waals surface area contributed by atoms with Crippen molar-refractivity contribution in [2.24, 2.45) is 0 Å². The van der Waals surface area contributed by atoms with Crippen molar-refractivity contribution in [2.45, 2.75) is 24.3 Å². The van der Waals surface area contributed by atoms with Crippen LogP contribution in [0, 0.1) is 11.3 Å². The Morgan fingerprint density at radius 1 is 1.50 bits per heavy atom. The molecular formula is C16H21N3O2S. The first kappa shape index (κ1) is 16.8. The number of morpholine rings is 1. The van der Waals surface area contributed by atoms with Crippen molar-refractivity contribution in [3.05, 3.63) is 24.3 Å². The van der Waals surface area contributed by atoms with Crippen molar-refractivity contribution in [2.75, 3.05) is 37.3 Å². The Morgan fingerprint density at radius 3 is 3.00 bits per heavy atom. The molecule has 0 radical (unpaired) electrons. The molecule has 1 saturated heterocycles. The molecule has 0 unspecified atom stereocenters. The summed E-state index contributed by atoms with van der Waals surface area (Å²) in [5.74, 6) is 0.326. The average Bonchev–Trinajstić information content (AvgIpc) is 2.45. The van der Waals surface area contributed by atoms with Crippen LogP contribution in [0.1, 0.15) is 13.8 Å². The van der Waals surface area contributed by atoms with E-state index in [2.05, 4.69) is 16.3 Å². The second kappa shape index (κ2) is 7.63. The highest BCUT2D eigenvalue weighted by atomic mass is 32.2. The first-order chi connectivity index (χ1) is 10.5. The number of hydrogen-bond acceptors (Lipinski definition) is 5. The average molecular weight is 319 g/mol. The van der Waals surface area contributed by atoms with Crippen LogP contribution in [0.25, 0.3) is 0 Å². The Morgan fingerprint density at radius 2 is 2.27 bits per heavy atom. The van der Waals surface area contributed by atoms with E-state index in [9.17, 15) is 4.79 Å². The standard InChI is InChI=1S/C16H21N3O2S/c1-16(2)12-19(8-9-21-16)11-15(20)18-13-5-3-4-6-14(13)22-10-7-17/h3-6H,8-12H2,1-2H3,(H,18,20). The quantitative estimate of drug-likeness (QED) is 0.844. The van der Waals surface area contributed by atoms with Gasteiger partial charge in [-0.15, -0.1) is 11.8 Å². The van der Waals surface area contributed by atoms with E-state index in [0.29, 0.717) is 18.9 Å². The molecule has 0 saturated carbocycles. The van der Waals surface area contributed by atoms with Gasteiger partial charge in [0, 0.05) is 18.0 Å². The smallest absolute Gasteiger partial charge is 0.238 e.